The summed E-state index contributed by atoms with van der Waals surface area (Å²) in [4.78, 5) is 22.6. The van der Waals surface area contributed by atoms with Crippen molar-refractivity contribution in [1.29, 1.82) is 0 Å². The Kier molecular flexibility index (Phi) is 7.06. The topological polar surface area (TPSA) is 84.9 Å². The molecule has 0 aliphatic carbocycles. The smallest absolute Gasteiger partial charge is 0.341 e. The minimum absolute atomic E-state index is 0.00404. The van der Waals surface area contributed by atoms with E-state index in [0.717, 1.165) is 50.1 Å². The first-order valence-corrected chi connectivity index (χ1v) is 8.37. The maximum atomic E-state index is 12.1. The van der Waals surface area contributed by atoms with Gasteiger partial charge in [-0.1, -0.05) is 0 Å². The molecule has 6 nitrogen and oxygen atoms in total. The summed E-state index contributed by atoms with van der Waals surface area (Å²) >= 11 is 0. The molecule has 0 spiro atoms. The molecule has 0 unspecified atom stereocenters. The van der Waals surface area contributed by atoms with Gasteiger partial charge in [-0.3, -0.25) is 4.79 Å². The van der Waals surface area contributed by atoms with Gasteiger partial charge in [-0.2, -0.15) is 0 Å². The predicted octanol–water partition coefficient (Wildman–Crippen LogP) is 2.99. The number of amides is 1. The number of ether oxygens (including phenoxy) is 2. The van der Waals surface area contributed by atoms with Crippen LogP contribution in [-0.4, -0.2) is 36.8 Å². The van der Waals surface area contributed by atoms with Crippen molar-refractivity contribution >= 4 is 17.6 Å². The lowest BCUT2D eigenvalue weighted by atomic mass is 9.94. The molecule has 1 aliphatic heterocycles. The summed E-state index contributed by atoms with van der Waals surface area (Å²) in [5.41, 5.74) is 1.57. The van der Waals surface area contributed by atoms with Crippen LogP contribution in [-0.2, 0) is 14.3 Å². The van der Waals surface area contributed by atoms with Crippen molar-refractivity contribution in [2.45, 2.75) is 39.0 Å². The number of aryl methyl sites for hydroxylation is 1. The fourth-order valence-corrected chi connectivity index (χ4v) is 2.81. The lowest BCUT2D eigenvalue weighted by molar-refractivity contribution is -0.139. The molecule has 0 bridgehead atoms. The maximum Gasteiger partial charge on any atom is 0.341 e. The van der Waals surface area contributed by atoms with Gasteiger partial charge in [-0.25, -0.2) is 4.79 Å². The molecule has 1 aliphatic rings. The third kappa shape index (κ3) is 6.20. The van der Waals surface area contributed by atoms with Crippen LogP contribution in [0.25, 0.3) is 0 Å². The van der Waals surface area contributed by atoms with Gasteiger partial charge in [0.1, 0.15) is 5.75 Å². The van der Waals surface area contributed by atoms with E-state index in [9.17, 15) is 9.59 Å². The zero-order valence-electron chi connectivity index (χ0n) is 14.0. The van der Waals surface area contributed by atoms with E-state index in [2.05, 4.69) is 5.32 Å². The monoisotopic (exact) mass is 335 g/mol. The van der Waals surface area contributed by atoms with Crippen molar-refractivity contribution in [1.82, 2.24) is 0 Å². The molecule has 2 rings (SSSR count). The zero-order chi connectivity index (χ0) is 17.4. The number of carbonyl (C=O) groups is 2. The standard InChI is InChI=1S/C18H25NO5/c1-13-11-15(24-12-18(21)22)5-6-16(13)19-17(20)4-2-3-14-7-9-23-10-8-14/h5-6,11,14H,2-4,7-10,12H2,1H3,(H,19,20)(H,21,22). The predicted molar refractivity (Wildman–Crippen MR) is 90.3 cm³/mol. The number of carboxylic acid groups (broad SMARTS) is 1. The van der Waals surface area contributed by atoms with Gasteiger partial charge in [0.15, 0.2) is 6.61 Å². The second kappa shape index (κ2) is 9.27. The highest BCUT2D eigenvalue weighted by Crippen LogP contribution is 2.23. The van der Waals surface area contributed by atoms with Gasteiger partial charge in [0, 0.05) is 25.3 Å². The third-order valence-corrected chi connectivity index (χ3v) is 4.19. The van der Waals surface area contributed by atoms with Crippen LogP contribution in [0.3, 0.4) is 0 Å². The molecule has 24 heavy (non-hydrogen) atoms. The molecular formula is C18H25NO5. The minimum atomic E-state index is -1.02. The van der Waals surface area contributed by atoms with Crippen molar-refractivity contribution in [2.75, 3.05) is 25.1 Å². The summed E-state index contributed by atoms with van der Waals surface area (Å²) in [6.07, 6.45) is 4.65. The van der Waals surface area contributed by atoms with Crippen LogP contribution < -0.4 is 10.1 Å². The number of benzene rings is 1. The summed E-state index contributed by atoms with van der Waals surface area (Å²) in [7, 11) is 0. The number of hydrogen-bond donors (Lipinski definition) is 2. The van der Waals surface area contributed by atoms with E-state index >= 15 is 0 Å². The van der Waals surface area contributed by atoms with Crippen molar-refractivity contribution in [3.63, 3.8) is 0 Å². The largest absolute Gasteiger partial charge is 0.482 e. The molecule has 132 valence electrons. The summed E-state index contributed by atoms with van der Waals surface area (Å²) in [6, 6.07) is 5.12. The Hall–Kier alpha value is -2.08. The molecule has 6 heteroatoms. The van der Waals surface area contributed by atoms with Gasteiger partial charge < -0.3 is 19.9 Å². The summed E-state index contributed by atoms with van der Waals surface area (Å²) in [6.45, 7) is 3.15. The van der Waals surface area contributed by atoms with Gasteiger partial charge in [0.25, 0.3) is 0 Å². The molecule has 1 aromatic rings. The first-order chi connectivity index (χ1) is 11.5. The number of rotatable bonds is 8. The van der Waals surface area contributed by atoms with Gasteiger partial charge in [-0.15, -0.1) is 0 Å². The van der Waals surface area contributed by atoms with E-state index in [1.165, 1.54) is 0 Å². The molecule has 1 aromatic carbocycles. The lowest BCUT2D eigenvalue weighted by Crippen LogP contribution is -2.17. The van der Waals surface area contributed by atoms with E-state index in [1.54, 1.807) is 18.2 Å². The molecule has 1 fully saturated rings. The van der Waals surface area contributed by atoms with Crippen molar-refractivity contribution in [3.05, 3.63) is 23.8 Å². The first-order valence-electron chi connectivity index (χ1n) is 8.37. The Morgan fingerprint density at radius 3 is 2.75 bits per heavy atom. The fourth-order valence-electron chi connectivity index (χ4n) is 2.81. The number of carbonyl (C=O) groups excluding carboxylic acids is 1. The Morgan fingerprint density at radius 2 is 2.08 bits per heavy atom. The number of anilines is 1. The van der Waals surface area contributed by atoms with Crippen LogP contribution in [0, 0.1) is 12.8 Å². The highest BCUT2D eigenvalue weighted by Gasteiger charge is 2.14. The molecule has 1 amide bonds. The summed E-state index contributed by atoms with van der Waals surface area (Å²) in [5, 5.41) is 11.5. The molecule has 1 heterocycles. The molecule has 0 aromatic heterocycles. The second-order valence-electron chi connectivity index (χ2n) is 6.16. The number of hydrogen-bond acceptors (Lipinski definition) is 4. The first kappa shape index (κ1) is 18.3. The number of carboxylic acids is 1. The number of aliphatic carboxylic acids is 1. The van der Waals surface area contributed by atoms with E-state index < -0.39 is 5.97 Å². The Bertz CT molecular complexity index is 567. The van der Waals surface area contributed by atoms with Crippen LogP contribution in [0.2, 0.25) is 0 Å². The van der Waals surface area contributed by atoms with Crippen LogP contribution in [0.15, 0.2) is 18.2 Å². The fraction of sp³-hybridized carbons (Fsp3) is 0.556. The molecule has 0 saturated carbocycles. The highest BCUT2D eigenvalue weighted by molar-refractivity contribution is 5.91. The van der Waals surface area contributed by atoms with E-state index in [1.807, 2.05) is 6.92 Å². The third-order valence-electron chi connectivity index (χ3n) is 4.19. The Balaban J connectivity index is 1.75. The summed E-state index contributed by atoms with van der Waals surface area (Å²) < 4.78 is 10.5. The van der Waals surface area contributed by atoms with Gasteiger partial charge in [0.05, 0.1) is 0 Å². The second-order valence-corrected chi connectivity index (χ2v) is 6.16. The number of nitrogens with one attached hydrogen (secondary N) is 1. The average molecular weight is 335 g/mol. The van der Waals surface area contributed by atoms with Crippen molar-refractivity contribution in [2.24, 2.45) is 5.92 Å². The Morgan fingerprint density at radius 1 is 1.33 bits per heavy atom. The van der Waals surface area contributed by atoms with Crippen LogP contribution in [0.1, 0.15) is 37.7 Å². The Labute approximate surface area is 142 Å². The van der Waals surface area contributed by atoms with E-state index in [4.69, 9.17) is 14.6 Å². The maximum absolute atomic E-state index is 12.1. The zero-order valence-corrected chi connectivity index (χ0v) is 14.0. The summed E-state index contributed by atoms with van der Waals surface area (Å²) in [5.74, 6) is 0.144. The molecular weight excluding hydrogens is 310 g/mol. The SMILES string of the molecule is Cc1cc(OCC(=O)O)ccc1NC(=O)CCCC1CCOCC1. The molecule has 0 radical (unpaired) electrons. The van der Waals surface area contributed by atoms with Crippen LogP contribution >= 0.6 is 0 Å². The normalized spacial score (nSPS) is 15.0. The van der Waals surface area contributed by atoms with Crippen molar-refractivity contribution in [3.8, 4) is 5.75 Å². The minimum Gasteiger partial charge on any atom is -0.482 e. The molecule has 2 N–H and O–H groups in total. The highest BCUT2D eigenvalue weighted by atomic mass is 16.5. The van der Waals surface area contributed by atoms with Gasteiger partial charge in [0.2, 0.25) is 5.91 Å². The lowest BCUT2D eigenvalue weighted by Gasteiger charge is -2.21. The van der Waals surface area contributed by atoms with Gasteiger partial charge in [-0.05, 0) is 62.3 Å². The van der Waals surface area contributed by atoms with Crippen LogP contribution in [0.5, 0.6) is 5.75 Å². The average Bonchev–Trinajstić information content (AvgIpc) is 2.56. The molecule has 1 saturated heterocycles. The van der Waals surface area contributed by atoms with Gasteiger partial charge >= 0.3 is 5.97 Å². The molecule has 0 atom stereocenters. The van der Waals surface area contributed by atoms with E-state index in [0.29, 0.717) is 18.1 Å². The quantitative estimate of drug-likeness (QED) is 0.763. The van der Waals surface area contributed by atoms with Crippen molar-refractivity contribution < 1.29 is 24.2 Å². The van der Waals surface area contributed by atoms with Crippen LogP contribution in [0.4, 0.5) is 5.69 Å². The van der Waals surface area contributed by atoms with E-state index in [-0.39, 0.29) is 12.5 Å².